The van der Waals surface area contributed by atoms with Crippen molar-refractivity contribution in [1.29, 1.82) is 0 Å². The first kappa shape index (κ1) is 33.0. The lowest BCUT2D eigenvalue weighted by Crippen LogP contribution is -2.77. The first-order valence-electron chi connectivity index (χ1n) is 18.5. The maximum atomic E-state index is 12.6. The SMILES string of the molecule is CCCC1C2(O)CC(O)C3(CO)C4(C)CCC5(C)C6CC(C)(C(=O)O)CCC6(C)CCC5(C)C4CCC13C(Cc1ccccc1)O2. The molecule has 1 aromatic carbocycles. The van der Waals surface area contributed by atoms with E-state index in [4.69, 9.17) is 4.74 Å². The van der Waals surface area contributed by atoms with Crippen LogP contribution in [0.4, 0.5) is 0 Å². The van der Waals surface area contributed by atoms with Crippen LogP contribution >= 0.6 is 0 Å². The molecular weight excluding hydrogens is 576 g/mol. The first-order valence-corrected chi connectivity index (χ1v) is 18.5. The van der Waals surface area contributed by atoms with Crippen molar-refractivity contribution in [3.8, 4) is 0 Å². The minimum absolute atomic E-state index is 0.0404. The number of hydrogen-bond donors (Lipinski definition) is 4. The van der Waals surface area contributed by atoms with Gasteiger partial charge in [0.25, 0.3) is 0 Å². The zero-order valence-corrected chi connectivity index (χ0v) is 29.3. The van der Waals surface area contributed by atoms with Gasteiger partial charge in [0.05, 0.1) is 24.2 Å². The number of aliphatic hydroxyl groups excluding tert-OH is 2. The fourth-order valence-corrected chi connectivity index (χ4v) is 14.6. The van der Waals surface area contributed by atoms with Crippen molar-refractivity contribution < 1.29 is 30.0 Å². The molecule has 0 radical (unpaired) electrons. The summed E-state index contributed by atoms with van der Waals surface area (Å²) in [5.41, 5.74) is -1.26. The van der Waals surface area contributed by atoms with Gasteiger partial charge in [0, 0.05) is 23.2 Å². The van der Waals surface area contributed by atoms with Gasteiger partial charge >= 0.3 is 5.97 Å². The number of carbonyl (C=O) groups is 1. The topological polar surface area (TPSA) is 107 Å². The Kier molecular flexibility index (Phi) is 7.38. The lowest BCUT2D eigenvalue weighted by molar-refractivity contribution is -0.336. The molecule has 6 heteroatoms. The molecule has 0 amide bonds. The van der Waals surface area contributed by atoms with Crippen molar-refractivity contribution in [2.75, 3.05) is 6.61 Å². The molecular formula is C40H60O6. The number of fused-ring (bicyclic) bond motifs is 7. The van der Waals surface area contributed by atoms with Crippen LogP contribution in [-0.2, 0) is 16.0 Å². The van der Waals surface area contributed by atoms with Crippen LogP contribution in [0.2, 0.25) is 0 Å². The molecule has 1 spiro atoms. The Hall–Kier alpha value is -1.47. The van der Waals surface area contributed by atoms with E-state index in [0.717, 1.165) is 76.2 Å². The molecule has 46 heavy (non-hydrogen) atoms. The molecule has 7 rings (SSSR count). The summed E-state index contributed by atoms with van der Waals surface area (Å²) in [6.45, 7) is 13.9. The molecule has 2 bridgehead atoms. The van der Waals surface area contributed by atoms with E-state index in [2.05, 4.69) is 58.9 Å². The largest absolute Gasteiger partial charge is 0.481 e. The van der Waals surface area contributed by atoms with E-state index in [1.807, 2.05) is 13.0 Å². The van der Waals surface area contributed by atoms with Gasteiger partial charge in [-0.05, 0) is 117 Å². The minimum Gasteiger partial charge on any atom is -0.481 e. The molecule has 13 unspecified atom stereocenters. The van der Waals surface area contributed by atoms with Gasteiger partial charge in [-0.3, -0.25) is 4.79 Å². The van der Waals surface area contributed by atoms with Gasteiger partial charge < -0.3 is 25.2 Å². The van der Waals surface area contributed by atoms with Crippen LogP contribution in [0, 0.1) is 55.7 Å². The van der Waals surface area contributed by atoms with Crippen molar-refractivity contribution in [3.63, 3.8) is 0 Å². The minimum atomic E-state index is -1.40. The molecule has 13 atom stereocenters. The maximum absolute atomic E-state index is 12.6. The molecule has 4 N–H and O–H groups in total. The van der Waals surface area contributed by atoms with Crippen LogP contribution in [0.15, 0.2) is 30.3 Å². The summed E-state index contributed by atoms with van der Waals surface area (Å²) in [5.74, 6) is -1.64. The molecule has 6 fully saturated rings. The highest BCUT2D eigenvalue weighted by Crippen LogP contribution is 2.83. The molecule has 1 saturated heterocycles. The Labute approximate surface area is 276 Å². The van der Waals surface area contributed by atoms with Gasteiger partial charge in [-0.15, -0.1) is 0 Å². The normalized spacial score (nSPS) is 54.2. The van der Waals surface area contributed by atoms with Gasteiger partial charge in [0.1, 0.15) is 0 Å². The third kappa shape index (κ3) is 3.77. The average molecular weight is 637 g/mol. The Morgan fingerprint density at radius 1 is 0.870 bits per heavy atom. The molecule has 0 aromatic heterocycles. The van der Waals surface area contributed by atoms with Gasteiger partial charge in [-0.2, -0.15) is 0 Å². The fourth-order valence-electron chi connectivity index (χ4n) is 14.6. The number of hydrogen-bond acceptors (Lipinski definition) is 5. The summed E-state index contributed by atoms with van der Waals surface area (Å²) in [6, 6.07) is 10.4. The van der Waals surface area contributed by atoms with Crippen molar-refractivity contribution >= 4 is 5.97 Å². The van der Waals surface area contributed by atoms with Gasteiger partial charge in [0.2, 0.25) is 0 Å². The Bertz CT molecular complexity index is 1370. The molecule has 6 nitrogen and oxygen atoms in total. The van der Waals surface area contributed by atoms with E-state index in [1.54, 1.807) is 0 Å². The lowest BCUT2D eigenvalue weighted by Gasteiger charge is -2.78. The highest BCUT2D eigenvalue weighted by atomic mass is 16.6. The van der Waals surface area contributed by atoms with Crippen LogP contribution in [0.5, 0.6) is 0 Å². The maximum Gasteiger partial charge on any atom is 0.309 e. The van der Waals surface area contributed by atoms with Crippen molar-refractivity contribution in [2.24, 2.45) is 55.7 Å². The zero-order valence-electron chi connectivity index (χ0n) is 29.3. The standard InChI is InChI=1S/C40H60O6/c1-7-11-28-38-15-14-27-35(4)19-18-33(2)16-17-34(3,32(43)44)23-29(33)36(35,5)20-21-37(27,6)39(38,25-41)30(42)24-40(28,45)46-31(38)22-26-12-9-8-10-13-26/h8-10,12-13,27-31,41-42,45H,7,11,14-25H2,1-6H3,(H,43,44). The van der Waals surface area contributed by atoms with Crippen molar-refractivity contribution in [2.45, 2.75) is 143 Å². The molecule has 1 aliphatic heterocycles. The smallest absolute Gasteiger partial charge is 0.309 e. The van der Waals surface area contributed by atoms with Crippen LogP contribution in [0.1, 0.15) is 124 Å². The van der Waals surface area contributed by atoms with E-state index in [0.29, 0.717) is 12.3 Å². The molecule has 256 valence electrons. The van der Waals surface area contributed by atoms with Crippen LogP contribution in [0.25, 0.3) is 0 Å². The highest BCUT2D eigenvalue weighted by Gasteiger charge is 2.83. The van der Waals surface area contributed by atoms with E-state index in [-0.39, 0.29) is 52.6 Å². The highest BCUT2D eigenvalue weighted by molar-refractivity contribution is 5.74. The third-order valence-corrected chi connectivity index (χ3v) is 17.2. The summed E-state index contributed by atoms with van der Waals surface area (Å²) in [7, 11) is 0. The van der Waals surface area contributed by atoms with Gasteiger partial charge in [0.15, 0.2) is 5.79 Å². The number of ether oxygens (including phenoxy) is 1. The monoisotopic (exact) mass is 636 g/mol. The molecule has 1 aromatic rings. The van der Waals surface area contributed by atoms with Crippen molar-refractivity contribution in [1.82, 2.24) is 0 Å². The zero-order chi connectivity index (χ0) is 33.2. The Balaban J connectivity index is 1.36. The van der Waals surface area contributed by atoms with E-state index >= 15 is 0 Å². The fraction of sp³-hybridized carbons (Fsp3) is 0.825. The molecule has 6 aliphatic rings. The lowest BCUT2D eigenvalue weighted by atomic mass is 9.26. The molecule has 5 saturated carbocycles. The molecule has 5 aliphatic carbocycles. The second-order valence-corrected chi connectivity index (χ2v) is 18.5. The van der Waals surface area contributed by atoms with Gasteiger partial charge in [-0.1, -0.05) is 71.4 Å². The number of benzene rings is 1. The second kappa shape index (κ2) is 10.3. The molecule has 1 heterocycles. The van der Waals surface area contributed by atoms with E-state index in [9.17, 15) is 25.2 Å². The third-order valence-electron chi connectivity index (χ3n) is 17.2. The first-order chi connectivity index (χ1) is 21.6. The van der Waals surface area contributed by atoms with Crippen LogP contribution < -0.4 is 0 Å². The predicted molar refractivity (Wildman–Crippen MR) is 178 cm³/mol. The summed E-state index contributed by atoms with van der Waals surface area (Å²) in [5, 5.41) is 47.1. The summed E-state index contributed by atoms with van der Waals surface area (Å²) >= 11 is 0. The Morgan fingerprint density at radius 3 is 2.15 bits per heavy atom. The number of rotatable bonds is 6. The van der Waals surface area contributed by atoms with Crippen LogP contribution in [0.3, 0.4) is 0 Å². The van der Waals surface area contributed by atoms with Crippen LogP contribution in [-0.4, -0.2) is 51.0 Å². The Morgan fingerprint density at radius 2 is 1.50 bits per heavy atom. The summed E-state index contributed by atoms with van der Waals surface area (Å²) in [4.78, 5) is 12.6. The second-order valence-electron chi connectivity index (χ2n) is 18.5. The number of aliphatic carboxylic acids is 1. The van der Waals surface area contributed by atoms with E-state index < -0.39 is 34.1 Å². The number of carboxylic acids is 1. The average Bonchev–Trinajstić information content (AvgIpc) is 3.17. The van der Waals surface area contributed by atoms with Gasteiger partial charge in [-0.25, -0.2) is 0 Å². The summed E-state index contributed by atoms with van der Waals surface area (Å²) < 4.78 is 6.83. The van der Waals surface area contributed by atoms with E-state index in [1.165, 1.54) is 0 Å². The summed E-state index contributed by atoms with van der Waals surface area (Å²) in [6.07, 6.45) is 9.60. The van der Waals surface area contributed by atoms with Crippen molar-refractivity contribution in [3.05, 3.63) is 35.9 Å². The quantitative estimate of drug-likeness (QED) is 0.260. The number of aliphatic hydroxyl groups is 3. The number of carboxylic acid groups (broad SMARTS) is 1. The predicted octanol–water partition coefficient (Wildman–Crippen LogP) is 7.38.